The molecule has 1 atom stereocenters. The third kappa shape index (κ3) is 4.31. The molecule has 0 unspecified atom stereocenters. The molecule has 1 amide bonds. The van der Waals surface area contributed by atoms with E-state index in [0.29, 0.717) is 17.3 Å². The number of nitrogens with two attached hydrogens (primary N) is 1. The number of thiophene rings is 1. The van der Waals surface area contributed by atoms with Gasteiger partial charge in [-0.05, 0) is 60.9 Å². The highest BCUT2D eigenvalue weighted by atomic mass is 32.1. The van der Waals surface area contributed by atoms with Gasteiger partial charge in [0.25, 0.3) is 5.56 Å². The van der Waals surface area contributed by atoms with Crippen LogP contribution < -0.4 is 16.6 Å². The monoisotopic (exact) mass is 422 g/mol. The predicted octanol–water partition coefficient (Wildman–Crippen LogP) is 4.80. The van der Waals surface area contributed by atoms with E-state index < -0.39 is 11.6 Å². The van der Waals surface area contributed by atoms with E-state index in [9.17, 15) is 9.59 Å². The zero-order valence-corrected chi connectivity index (χ0v) is 17.8. The third-order valence-electron chi connectivity index (χ3n) is 5.74. The maximum Gasteiger partial charge on any atom is 0.290 e. The summed E-state index contributed by atoms with van der Waals surface area (Å²) < 4.78 is 1.16. The Labute approximate surface area is 179 Å². The Balaban J connectivity index is 1.50. The van der Waals surface area contributed by atoms with Gasteiger partial charge in [-0.1, -0.05) is 37.5 Å². The van der Waals surface area contributed by atoms with Gasteiger partial charge in [-0.15, -0.1) is 11.3 Å². The molecule has 3 aromatic rings. The fraction of sp³-hybridized carbons (Fsp3) is 0.348. The van der Waals surface area contributed by atoms with E-state index in [0.717, 1.165) is 9.56 Å². The molecule has 156 valence electrons. The fourth-order valence-corrected chi connectivity index (χ4v) is 4.65. The van der Waals surface area contributed by atoms with Crippen molar-refractivity contribution in [1.82, 2.24) is 9.78 Å². The summed E-state index contributed by atoms with van der Waals surface area (Å²) in [4.78, 5) is 26.2. The molecular formula is C23H26N4O2S. The summed E-state index contributed by atoms with van der Waals surface area (Å²) in [5.41, 5.74) is 8.13. The highest BCUT2D eigenvalue weighted by molar-refractivity contribution is 7.13. The summed E-state index contributed by atoms with van der Waals surface area (Å²) >= 11 is 1.50. The molecule has 0 saturated heterocycles. The summed E-state index contributed by atoms with van der Waals surface area (Å²) in [5, 5.41) is 9.21. The van der Waals surface area contributed by atoms with Crippen molar-refractivity contribution < 1.29 is 4.79 Å². The SMILES string of the molecule is C[C@@H](C(=O)Nc1ccc(C2CCCCC2)cc1)n1nc(-c2cccs2)cc(N)c1=O. The highest BCUT2D eigenvalue weighted by Crippen LogP contribution is 2.33. The Morgan fingerprint density at radius 1 is 1.20 bits per heavy atom. The van der Waals surface area contributed by atoms with Gasteiger partial charge in [0.15, 0.2) is 0 Å². The topological polar surface area (TPSA) is 90.0 Å². The third-order valence-corrected chi connectivity index (χ3v) is 6.63. The highest BCUT2D eigenvalue weighted by Gasteiger charge is 2.21. The van der Waals surface area contributed by atoms with Crippen molar-refractivity contribution in [2.45, 2.75) is 51.0 Å². The first-order valence-corrected chi connectivity index (χ1v) is 11.2. The summed E-state index contributed by atoms with van der Waals surface area (Å²) in [5.74, 6) is 0.311. The molecule has 0 aliphatic heterocycles. The maximum absolute atomic E-state index is 12.8. The normalized spacial score (nSPS) is 15.6. The second kappa shape index (κ2) is 8.83. The van der Waals surface area contributed by atoms with Gasteiger partial charge >= 0.3 is 0 Å². The van der Waals surface area contributed by atoms with Gasteiger partial charge in [0.05, 0.1) is 4.88 Å². The van der Waals surface area contributed by atoms with Gasteiger partial charge < -0.3 is 11.1 Å². The molecule has 0 bridgehead atoms. The van der Waals surface area contributed by atoms with E-state index in [1.54, 1.807) is 13.0 Å². The van der Waals surface area contributed by atoms with E-state index in [1.807, 2.05) is 29.6 Å². The molecule has 1 aliphatic carbocycles. The minimum absolute atomic E-state index is 0.0740. The fourth-order valence-electron chi connectivity index (χ4n) is 3.97. The molecule has 1 saturated carbocycles. The molecule has 6 nitrogen and oxygen atoms in total. The number of amides is 1. The van der Waals surface area contributed by atoms with Gasteiger partial charge in [0.2, 0.25) is 5.91 Å². The minimum atomic E-state index is -0.794. The average molecular weight is 423 g/mol. The first-order chi connectivity index (χ1) is 14.5. The van der Waals surface area contributed by atoms with E-state index in [2.05, 4.69) is 22.5 Å². The van der Waals surface area contributed by atoms with Crippen LogP contribution in [0, 0.1) is 0 Å². The number of nitrogen functional groups attached to an aromatic ring is 1. The maximum atomic E-state index is 12.8. The number of hydrogen-bond donors (Lipinski definition) is 2. The smallest absolute Gasteiger partial charge is 0.290 e. The first kappa shape index (κ1) is 20.3. The van der Waals surface area contributed by atoms with Crippen molar-refractivity contribution in [2.75, 3.05) is 11.1 Å². The van der Waals surface area contributed by atoms with Crippen LogP contribution in [0.3, 0.4) is 0 Å². The Morgan fingerprint density at radius 3 is 2.60 bits per heavy atom. The standard InChI is InChI=1S/C23H26N4O2S/c1-15(27-23(29)19(24)14-20(26-27)21-8-5-13-30-21)22(28)25-18-11-9-17(10-12-18)16-6-3-2-4-7-16/h5,8-16H,2-4,6-7,24H2,1H3,(H,25,28)/t15-/m0/s1. The van der Waals surface area contributed by atoms with Crippen LogP contribution in [0.2, 0.25) is 0 Å². The number of aromatic nitrogens is 2. The number of rotatable bonds is 5. The largest absolute Gasteiger partial charge is 0.394 e. The molecular weight excluding hydrogens is 396 g/mol. The zero-order chi connectivity index (χ0) is 21.1. The second-order valence-electron chi connectivity index (χ2n) is 7.83. The van der Waals surface area contributed by atoms with Gasteiger partial charge in [0, 0.05) is 5.69 Å². The Morgan fingerprint density at radius 2 is 1.93 bits per heavy atom. The van der Waals surface area contributed by atoms with E-state index in [-0.39, 0.29) is 11.6 Å². The summed E-state index contributed by atoms with van der Waals surface area (Å²) in [6.45, 7) is 1.65. The van der Waals surface area contributed by atoms with E-state index >= 15 is 0 Å². The average Bonchev–Trinajstić information content (AvgIpc) is 3.31. The van der Waals surface area contributed by atoms with E-state index in [4.69, 9.17) is 5.73 Å². The Bertz CT molecular complexity index is 1070. The molecule has 7 heteroatoms. The van der Waals surface area contributed by atoms with Crippen molar-refractivity contribution >= 4 is 28.6 Å². The molecule has 2 heterocycles. The Kier molecular flexibility index (Phi) is 5.99. The van der Waals surface area contributed by atoms with Crippen LogP contribution in [-0.2, 0) is 4.79 Å². The van der Waals surface area contributed by atoms with E-state index in [1.165, 1.54) is 49.0 Å². The Hall–Kier alpha value is -2.93. The zero-order valence-electron chi connectivity index (χ0n) is 17.0. The lowest BCUT2D eigenvalue weighted by molar-refractivity contribution is -0.119. The number of anilines is 2. The lowest BCUT2D eigenvalue weighted by Gasteiger charge is -2.22. The predicted molar refractivity (Wildman–Crippen MR) is 122 cm³/mol. The molecule has 1 aliphatic rings. The molecule has 30 heavy (non-hydrogen) atoms. The molecule has 2 aromatic heterocycles. The van der Waals surface area contributed by atoms with Crippen LogP contribution in [0.4, 0.5) is 11.4 Å². The molecule has 1 aromatic carbocycles. The van der Waals surface area contributed by atoms with Crippen molar-refractivity contribution in [3.05, 3.63) is 63.8 Å². The van der Waals surface area contributed by atoms with Crippen LogP contribution >= 0.6 is 11.3 Å². The van der Waals surface area contributed by atoms with Gasteiger partial charge in [-0.3, -0.25) is 9.59 Å². The van der Waals surface area contributed by atoms with Crippen LogP contribution in [0.5, 0.6) is 0 Å². The van der Waals surface area contributed by atoms with Crippen LogP contribution in [0.15, 0.2) is 52.6 Å². The second-order valence-corrected chi connectivity index (χ2v) is 8.78. The first-order valence-electron chi connectivity index (χ1n) is 10.4. The number of carbonyl (C=O) groups is 1. The molecule has 4 rings (SSSR count). The lowest BCUT2D eigenvalue weighted by atomic mass is 9.84. The van der Waals surface area contributed by atoms with Crippen LogP contribution in [-0.4, -0.2) is 15.7 Å². The quantitative estimate of drug-likeness (QED) is 0.618. The number of benzene rings is 1. The number of nitrogens with zero attached hydrogens (tertiary/aromatic N) is 2. The van der Waals surface area contributed by atoms with Gasteiger partial charge in [0.1, 0.15) is 17.4 Å². The van der Waals surface area contributed by atoms with Crippen LogP contribution in [0.25, 0.3) is 10.6 Å². The van der Waals surface area contributed by atoms with Crippen molar-refractivity contribution in [2.24, 2.45) is 0 Å². The lowest BCUT2D eigenvalue weighted by Crippen LogP contribution is -2.34. The molecule has 3 N–H and O–H groups in total. The minimum Gasteiger partial charge on any atom is -0.394 e. The number of hydrogen-bond acceptors (Lipinski definition) is 5. The summed E-state index contributed by atoms with van der Waals surface area (Å²) in [7, 11) is 0. The van der Waals surface area contributed by atoms with Crippen LogP contribution in [0.1, 0.15) is 56.6 Å². The summed E-state index contributed by atoms with van der Waals surface area (Å²) in [6.07, 6.45) is 6.37. The van der Waals surface area contributed by atoms with Crippen molar-refractivity contribution in [3.63, 3.8) is 0 Å². The van der Waals surface area contributed by atoms with Crippen molar-refractivity contribution in [3.8, 4) is 10.6 Å². The number of carbonyl (C=O) groups excluding carboxylic acids is 1. The molecule has 1 fully saturated rings. The number of nitrogens with one attached hydrogen (secondary N) is 1. The summed E-state index contributed by atoms with van der Waals surface area (Å²) in [6, 6.07) is 12.6. The molecule has 0 radical (unpaired) electrons. The van der Waals surface area contributed by atoms with Gasteiger partial charge in [-0.25, -0.2) is 4.68 Å². The molecule has 0 spiro atoms. The van der Waals surface area contributed by atoms with Crippen molar-refractivity contribution in [1.29, 1.82) is 0 Å². The van der Waals surface area contributed by atoms with Gasteiger partial charge in [-0.2, -0.15) is 5.10 Å².